The Labute approximate surface area is 69.4 Å². The van der Waals surface area contributed by atoms with Crippen molar-refractivity contribution in [2.75, 3.05) is 0 Å². The predicted octanol–water partition coefficient (Wildman–Crippen LogP) is 0.286. The van der Waals surface area contributed by atoms with Crippen molar-refractivity contribution in [2.24, 2.45) is 5.73 Å². The Balaban J connectivity index is 2.77. The Hall–Kier alpha value is -1.84. The molecule has 4 heteroatoms. The summed E-state index contributed by atoms with van der Waals surface area (Å²) in [6.07, 6.45) is 3.97. The minimum Gasteiger partial charge on any atom is -0.506 e. The van der Waals surface area contributed by atoms with Crippen molar-refractivity contribution in [1.82, 2.24) is 4.98 Å². The fourth-order valence-electron chi connectivity index (χ4n) is 0.664. The van der Waals surface area contributed by atoms with Crippen molar-refractivity contribution >= 4 is 12.0 Å². The molecule has 1 aromatic heterocycles. The molecule has 0 fully saturated rings. The van der Waals surface area contributed by atoms with Crippen molar-refractivity contribution in [3.8, 4) is 5.75 Å². The number of rotatable bonds is 2. The van der Waals surface area contributed by atoms with Gasteiger partial charge in [0.2, 0.25) is 5.91 Å². The molecule has 1 aromatic rings. The lowest BCUT2D eigenvalue weighted by Gasteiger charge is -1.91. The van der Waals surface area contributed by atoms with Gasteiger partial charge in [0, 0.05) is 6.08 Å². The number of nitrogens with zero attached hydrogens (tertiary/aromatic N) is 1. The summed E-state index contributed by atoms with van der Waals surface area (Å²) in [5.41, 5.74) is 5.44. The van der Waals surface area contributed by atoms with Gasteiger partial charge >= 0.3 is 0 Å². The van der Waals surface area contributed by atoms with Crippen molar-refractivity contribution in [3.05, 3.63) is 30.1 Å². The Kier molecular flexibility index (Phi) is 2.42. The van der Waals surface area contributed by atoms with Crippen LogP contribution >= 0.6 is 0 Å². The van der Waals surface area contributed by atoms with Gasteiger partial charge in [-0.2, -0.15) is 0 Å². The molecule has 0 unspecified atom stereocenters. The number of carbonyl (C=O) groups excluding carboxylic acids is 1. The molecule has 0 spiro atoms. The first-order valence-corrected chi connectivity index (χ1v) is 3.31. The summed E-state index contributed by atoms with van der Waals surface area (Å²) in [5.74, 6) is -0.434. The normalized spacial score (nSPS) is 10.3. The van der Waals surface area contributed by atoms with Crippen LogP contribution in [0.4, 0.5) is 0 Å². The summed E-state index contributed by atoms with van der Waals surface area (Å²) in [5, 5.41) is 8.86. The van der Waals surface area contributed by atoms with E-state index in [9.17, 15) is 4.79 Å². The Morgan fingerprint density at radius 2 is 2.33 bits per heavy atom. The largest absolute Gasteiger partial charge is 0.506 e. The van der Waals surface area contributed by atoms with Gasteiger partial charge in [0.15, 0.2) is 0 Å². The number of hydrogen-bond donors (Lipinski definition) is 2. The maximum atomic E-state index is 10.3. The van der Waals surface area contributed by atoms with Gasteiger partial charge < -0.3 is 10.8 Å². The number of hydrogen-bond acceptors (Lipinski definition) is 3. The topological polar surface area (TPSA) is 76.2 Å². The van der Waals surface area contributed by atoms with Crippen molar-refractivity contribution in [2.45, 2.75) is 0 Å². The van der Waals surface area contributed by atoms with Gasteiger partial charge in [-0.05, 0) is 18.2 Å². The van der Waals surface area contributed by atoms with Gasteiger partial charge in [-0.3, -0.25) is 9.78 Å². The summed E-state index contributed by atoms with van der Waals surface area (Å²) in [7, 11) is 0. The van der Waals surface area contributed by atoms with E-state index in [1.54, 1.807) is 6.07 Å². The number of carbonyl (C=O) groups is 1. The molecular formula is C8H8N2O2. The monoisotopic (exact) mass is 164 g/mol. The Morgan fingerprint density at radius 1 is 1.58 bits per heavy atom. The Morgan fingerprint density at radius 3 is 2.83 bits per heavy atom. The minimum atomic E-state index is -0.523. The molecule has 12 heavy (non-hydrogen) atoms. The van der Waals surface area contributed by atoms with Crippen molar-refractivity contribution < 1.29 is 9.90 Å². The molecule has 0 aliphatic carbocycles. The van der Waals surface area contributed by atoms with Gasteiger partial charge in [0.25, 0.3) is 0 Å². The maximum Gasteiger partial charge on any atom is 0.241 e. The number of pyridine rings is 1. The molecule has 0 bridgehead atoms. The zero-order valence-corrected chi connectivity index (χ0v) is 6.27. The second-order valence-electron chi connectivity index (χ2n) is 2.18. The van der Waals surface area contributed by atoms with E-state index in [-0.39, 0.29) is 5.75 Å². The van der Waals surface area contributed by atoms with Gasteiger partial charge in [0.1, 0.15) is 5.75 Å². The van der Waals surface area contributed by atoms with Crippen LogP contribution in [-0.4, -0.2) is 16.0 Å². The average Bonchev–Trinajstić information content (AvgIpc) is 2.03. The van der Waals surface area contributed by atoms with E-state index in [1.807, 2.05) is 0 Å². The fraction of sp³-hybridized carbons (Fsp3) is 0. The molecule has 1 amide bonds. The lowest BCUT2D eigenvalue weighted by molar-refractivity contribution is -0.113. The molecule has 1 heterocycles. The molecule has 0 atom stereocenters. The third kappa shape index (κ3) is 2.42. The molecule has 3 N–H and O–H groups in total. The average molecular weight is 164 g/mol. The van der Waals surface area contributed by atoms with Gasteiger partial charge in [-0.25, -0.2) is 0 Å². The molecule has 0 aliphatic heterocycles. The predicted molar refractivity (Wildman–Crippen MR) is 44.1 cm³/mol. The van der Waals surface area contributed by atoms with Gasteiger partial charge in [-0.1, -0.05) is 0 Å². The first kappa shape index (κ1) is 8.26. The summed E-state index contributed by atoms with van der Waals surface area (Å²) in [6.45, 7) is 0. The molecule has 1 rings (SSSR count). The highest BCUT2D eigenvalue weighted by atomic mass is 16.3. The van der Waals surface area contributed by atoms with Crippen LogP contribution in [0.15, 0.2) is 24.4 Å². The SMILES string of the molecule is NC(=O)C=Cc1ccc(O)cn1. The highest BCUT2D eigenvalue weighted by Gasteiger charge is 1.89. The lowest BCUT2D eigenvalue weighted by Crippen LogP contribution is -2.05. The molecule has 0 aliphatic rings. The molecule has 0 radical (unpaired) electrons. The smallest absolute Gasteiger partial charge is 0.241 e. The van der Waals surface area contributed by atoms with Crippen molar-refractivity contribution in [3.63, 3.8) is 0 Å². The summed E-state index contributed by atoms with van der Waals surface area (Å²) in [4.78, 5) is 14.1. The first-order chi connectivity index (χ1) is 5.68. The van der Waals surface area contributed by atoms with E-state index in [4.69, 9.17) is 10.8 Å². The third-order valence-corrected chi connectivity index (χ3v) is 1.19. The number of amides is 1. The molecule has 4 nitrogen and oxygen atoms in total. The number of aromatic hydroxyl groups is 1. The van der Waals surface area contributed by atoms with Crippen LogP contribution in [0.25, 0.3) is 6.08 Å². The van der Waals surface area contributed by atoms with Gasteiger partial charge in [0.05, 0.1) is 11.9 Å². The van der Waals surface area contributed by atoms with Crippen LogP contribution < -0.4 is 5.73 Å². The lowest BCUT2D eigenvalue weighted by atomic mass is 10.3. The van der Waals surface area contributed by atoms with E-state index in [1.165, 1.54) is 24.4 Å². The van der Waals surface area contributed by atoms with Crippen LogP contribution in [0.1, 0.15) is 5.69 Å². The maximum absolute atomic E-state index is 10.3. The number of nitrogens with two attached hydrogens (primary N) is 1. The second-order valence-corrected chi connectivity index (χ2v) is 2.18. The van der Waals surface area contributed by atoms with E-state index in [2.05, 4.69) is 4.98 Å². The van der Waals surface area contributed by atoms with Crippen LogP contribution in [0.5, 0.6) is 5.75 Å². The Bertz CT molecular complexity index is 303. The van der Waals surface area contributed by atoms with E-state index < -0.39 is 5.91 Å². The van der Waals surface area contributed by atoms with E-state index in [0.717, 1.165) is 0 Å². The van der Waals surface area contributed by atoms with E-state index >= 15 is 0 Å². The third-order valence-electron chi connectivity index (χ3n) is 1.19. The minimum absolute atomic E-state index is 0.0891. The molecule has 0 saturated carbocycles. The molecule has 0 aromatic carbocycles. The first-order valence-electron chi connectivity index (χ1n) is 3.31. The number of aromatic nitrogens is 1. The fourth-order valence-corrected chi connectivity index (χ4v) is 0.664. The second kappa shape index (κ2) is 3.52. The quantitative estimate of drug-likeness (QED) is 0.616. The van der Waals surface area contributed by atoms with Gasteiger partial charge in [-0.15, -0.1) is 0 Å². The summed E-state index contributed by atoms with van der Waals surface area (Å²) in [6, 6.07) is 3.06. The zero-order valence-electron chi connectivity index (χ0n) is 6.27. The van der Waals surface area contributed by atoms with E-state index in [0.29, 0.717) is 5.69 Å². The highest BCUT2D eigenvalue weighted by Crippen LogP contribution is 2.06. The molecule has 62 valence electrons. The number of primary amides is 1. The summed E-state index contributed by atoms with van der Waals surface area (Å²) >= 11 is 0. The van der Waals surface area contributed by atoms with Crippen LogP contribution in [0.2, 0.25) is 0 Å². The standard InChI is InChI=1S/C8H8N2O2/c9-8(12)4-2-6-1-3-7(11)5-10-6/h1-5,11H,(H2,9,12). The van der Waals surface area contributed by atoms with Crippen LogP contribution in [-0.2, 0) is 4.79 Å². The zero-order chi connectivity index (χ0) is 8.97. The van der Waals surface area contributed by atoms with Crippen LogP contribution in [0.3, 0.4) is 0 Å². The summed E-state index contributed by atoms with van der Waals surface area (Å²) < 4.78 is 0. The van der Waals surface area contributed by atoms with Crippen molar-refractivity contribution in [1.29, 1.82) is 0 Å². The molecule has 0 saturated heterocycles. The van der Waals surface area contributed by atoms with Crippen LogP contribution in [0, 0.1) is 0 Å². The molecular weight excluding hydrogens is 156 g/mol. The highest BCUT2D eigenvalue weighted by molar-refractivity contribution is 5.89.